The van der Waals surface area contributed by atoms with Crippen molar-refractivity contribution in [3.05, 3.63) is 32.8 Å². The predicted molar refractivity (Wildman–Crippen MR) is 69.4 cm³/mol. The highest BCUT2D eigenvalue weighted by molar-refractivity contribution is 6.43. The van der Waals surface area contributed by atoms with E-state index in [1.54, 1.807) is 0 Å². The minimum Gasteiger partial charge on any atom is -0.0824 e. The van der Waals surface area contributed by atoms with Crippen molar-refractivity contribution in [3.63, 3.8) is 0 Å². The van der Waals surface area contributed by atoms with Gasteiger partial charge in [-0.2, -0.15) is 0 Å². The molecule has 15 heavy (non-hydrogen) atoms. The van der Waals surface area contributed by atoms with Gasteiger partial charge in [0.15, 0.2) is 0 Å². The van der Waals surface area contributed by atoms with Gasteiger partial charge < -0.3 is 0 Å². The van der Waals surface area contributed by atoms with Crippen LogP contribution in [-0.2, 0) is 0 Å². The number of benzene rings is 1. The van der Waals surface area contributed by atoms with E-state index in [1.807, 2.05) is 0 Å². The smallest absolute Gasteiger partial charge is 0.0632 e. The second kappa shape index (κ2) is 4.76. The van der Waals surface area contributed by atoms with Gasteiger partial charge in [0.1, 0.15) is 0 Å². The van der Waals surface area contributed by atoms with Crippen LogP contribution < -0.4 is 0 Å². The fourth-order valence-electron chi connectivity index (χ4n) is 1.92. The van der Waals surface area contributed by atoms with Crippen molar-refractivity contribution in [2.75, 3.05) is 0 Å². The molecule has 0 aliphatic carbocycles. The molecule has 1 aromatic rings. The monoisotopic (exact) mass is 244 g/mol. The molecule has 0 fully saturated rings. The lowest BCUT2D eigenvalue weighted by Crippen LogP contribution is -1.99. The summed E-state index contributed by atoms with van der Waals surface area (Å²) >= 11 is 12.6. The first-order valence-corrected chi connectivity index (χ1v) is 6.10. The minimum atomic E-state index is 0.412. The Morgan fingerprint density at radius 1 is 0.933 bits per heavy atom. The highest BCUT2D eigenvalue weighted by atomic mass is 35.5. The van der Waals surface area contributed by atoms with Crippen molar-refractivity contribution in [1.82, 2.24) is 0 Å². The van der Waals surface area contributed by atoms with Crippen LogP contribution in [0.5, 0.6) is 0 Å². The molecular weight excluding hydrogens is 227 g/mol. The number of aryl methyl sites for hydroxylation is 1. The molecule has 0 heterocycles. The third-order valence-corrected chi connectivity index (χ3v) is 3.58. The van der Waals surface area contributed by atoms with Gasteiger partial charge in [0.05, 0.1) is 10.0 Å². The Kier molecular flexibility index (Phi) is 4.08. The van der Waals surface area contributed by atoms with E-state index in [9.17, 15) is 0 Å². The van der Waals surface area contributed by atoms with Gasteiger partial charge in [0.2, 0.25) is 0 Å². The molecule has 0 unspecified atom stereocenters. The minimum absolute atomic E-state index is 0.412. The van der Waals surface area contributed by atoms with Gasteiger partial charge in [0, 0.05) is 0 Å². The highest BCUT2D eigenvalue weighted by Crippen LogP contribution is 2.38. The van der Waals surface area contributed by atoms with E-state index in [1.165, 1.54) is 11.1 Å². The molecule has 84 valence electrons. The quantitative estimate of drug-likeness (QED) is 0.640. The zero-order valence-corrected chi connectivity index (χ0v) is 11.5. The van der Waals surface area contributed by atoms with Crippen molar-refractivity contribution < 1.29 is 0 Å². The maximum Gasteiger partial charge on any atom is 0.0632 e. The van der Waals surface area contributed by atoms with Crippen molar-refractivity contribution in [3.8, 4) is 0 Å². The molecule has 0 radical (unpaired) electrons. The first-order chi connectivity index (χ1) is 6.86. The summed E-state index contributed by atoms with van der Waals surface area (Å²) in [6.45, 7) is 10.6. The van der Waals surface area contributed by atoms with Crippen LogP contribution in [0.1, 0.15) is 56.2 Å². The van der Waals surface area contributed by atoms with Crippen LogP contribution in [0, 0.1) is 6.92 Å². The lowest BCUT2D eigenvalue weighted by molar-refractivity contribution is 0.836. The van der Waals surface area contributed by atoms with Gasteiger partial charge in [0.25, 0.3) is 0 Å². The van der Waals surface area contributed by atoms with Crippen LogP contribution in [0.2, 0.25) is 10.0 Å². The maximum absolute atomic E-state index is 6.31. The largest absolute Gasteiger partial charge is 0.0824 e. The van der Waals surface area contributed by atoms with E-state index < -0.39 is 0 Å². The molecule has 2 heteroatoms. The molecule has 0 bridgehead atoms. The van der Waals surface area contributed by atoms with E-state index in [0.717, 1.165) is 15.6 Å². The molecule has 1 aromatic carbocycles. The first kappa shape index (κ1) is 12.9. The first-order valence-electron chi connectivity index (χ1n) is 5.34. The van der Waals surface area contributed by atoms with Gasteiger partial charge in [-0.25, -0.2) is 0 Å². The normalized spacial score (nSPS) is 11.5. The Morgan fingerprint density at radius 3 is 1.87 bits per heavy atom. The number of hydrogen-bond acceptors (Lipinski definition) is 0. The molecular formula is C13H18Cl2. The molecule has 0 saturated carbocycles. The lowest BCUT2D eigenvalue weighted by atomic mass is 9.92. The molecule has 0 aliphatic heterocycles. The Bertz CT molecular complexity index is 365. The zero-order valence-electron chi connectivity index (χ0n) is 9.99. The summed E-state index contributed by atoms with van der Waals surface area (Å²) in [7, 11) is 0. The standard InChI is InChI=1S/C13H18Cl2/c1-7(2)10-6-9(5)11(8(3)4)13(15)12(10)14/h6-8H,1-5H3. The predicted octanol–water partition coefficient (Wildman–Crippen LogP) is 5.55. The van der Waals surface area contributed by atoms with Crippen LogP contribution in [0.15, 0.2) is 6.07 Å². The van der Waals surface area contributed by atoms with Crippen molar-refractivity contribution in [2.24, 2.45) is 0 Å². The van der Waals surface area contributed by atoms with Crippen molar-refractivity contribution in [2.45, 2.75) is 46.5 Å². The summed E-state index contributed by atoms with van der Waals surface area (Å²) in [6, 6.07) is 2.16. The van der Waals surface area contributed by atoms with Crippen LogP contribution >= 0.6 is 23.2 Å². The highest BCUT2D eigenvalue weighted by Gasteiger charge is 2.16. The SMILES string of the molecule is Cc1cc(C(C)C)c(Cl)c(Cl)c1C(C)C. The third-order valence-electron chi connectivity index (χ3n) is 2.68. The Balaban J connectivity index is 3.44. The Morgan fingerprint density at radius 2 is 1.47 bits per heavy atom. The fourth-order valence-corrected chi connectivity index (χ4v) is 2.77. The van der Waals surface area contributed by atoms with E-state index in [-0.39, 0.29) is 0 Å². The summed E-state index contributed by atoms with van der Waals surface area (Å²) in [4.78, 5) is 0. The summed E-state index contributed by atoms with van der Waals surface area (Å²) in [5, 5.41) is 1.45. The summed E-state index contributed by atoms with van der Waals surface area (Å²) in [5.41, 5.74) is 3.55. The zero-order chi connectivity index (χ0) is 11.7. The molecule has 1 rings (SSSR count). The Labute approximate surface area is 103 Å². The van der Waals surface area contributed by atoms with Gasteiger partial charge in [-0.15, -0.1) is 0 Å². The second-order valence-corrected chi connectivity index (χ2v) is 5.39. The number of hydrogen-bond donors (Lipinski definition) is 0. The fraction of sp³-hybridized carbons (Fsp3) is 0.538. The average molecular weight is 245 g/mol. The average Bonchev–Trinajstić information content (AvgIpc) is 2.10. The molecule has 0 N–H and O–H groups in total. The summed E-state index contributed by atoms with van der Waals surface area (Å²) in [6.07, 6.45) is 0. The van der Waals surface area contributed by atoms with Gasteiger partial charge in [-0.05, 0) is 35.4 Å². The third kappa shape index (κ3) is 2.49. The van der Waals surface area contributed by atoms with Crippen LogP contribution in [0.3, 0.4) is 0 Å². The molecule has 0 amide bonds. The van der Waals surface area contributed by atoms with Crippen molar-refractivity contribution in [1.29, 1.82) is 0 Å². The summed E-state index contributed by atoms with van der Waals surface area (Å²) in [5.74, 6) is 0.825. The van der Waals surface area contributed by atoms with Gasteiger partial charge in [-0.3, -0.25) is 0 Å². The Hall–Kier alpha value is -0.200. The van der Waals surface area contributed by atoms with Gasteiger partial charge >= 0.3 is 0 Å². The summed E-state index contributed by atoms with van der Waals surface area (Å²) < 4.78 is 0. The van der Waals surface area contributed by atoms with Crippen molar-refractivity contribution >= 4 is 23.2 Å². The molecule has 0 aromatic heterocycles. The maximum atomic E-state index is 6.31. The topological polar surface area (TPSA) is 0 Å². The van der Waals surface area contributed by atoms with E-state index in [0.29, 0.717) is 11.8 Å². The molecule has 0 saturated heterocycles. The van der Waals surface area contributed by atoms with E-state index >= 15 is 0 Å². The van der Waals surface area contributed by atoms with Crippen LogP contribution in [0.4, 0.5) is 0 Å². The van der Waals surface area contributed by atoms with Gasteiger partial charge in [-0.1, -0.05) is 57.0 Å². The van der Waals surface area contributed by atoms with E-state index in [4.69, 9.17) is 23.2 Å². The molecule has 0 aliphatic rings. The molecule has 0 nitrogen and oxygen atoms in total. The van der Waals surface area contributed by atoms with Crippen LogP contribution in [-0.4, -0.2) is 0 Å². The second-order valence-electron chi connectivity index (χ2n) is 4.63. The number of halogens is 2. The van der Waals surface area contributed by atoms with E-state index in [2.05, 4.69) is 40.7 Å². The number of rotatable bonds is 2. The van der Waals surface area contributed by atoms with Crippen LogP contribution in [0.25, 0.3) is 0 Å². The lowest BCUT2D eigenvalue weighted by Gasteiger charge is -2.18. The molecule has 0 atom stereocenters. The molecule has 0 spiro atoms.